The Labute approximate surface area is 130 Å². The van der Waals surface area contributed by atoms with Crippen LogP contribution >= 0.6 is 0 Å². The Morgan fingerprint density at radius 2 is 2.14 bits per heavy atom. The van der Waals surface area contributed by atoms with Crippen molar-refractivity contribution in [3.8, 4) is 11.4 Å². The number of aromatic nitrogens is 3. The third-order valence-electron chi connectivity index (χ3n) is 4.28. The number of carbonyl (C=O) groups excluding carboxylic acids is 1. The minimum Gasteiger partial charge on any atom is -0.350 e. The summed E-state index contributed by atoms with van der Waals surface area (Å²) in [5.74, 6) is 0.359. The fourth-order valence-electron chi connectivity index (χ4n) is 3.05. The van der Waals surface area contributed by atoms with E-state index in [-0.39, 0.29) is 11.8 Å². The van der Waals surface area contributed by atoms with E-state index in [9.17, 15) is 4.79 Å². The van der Waals surface area contributed by atoms with Crippen LogP contribution in [0.3, 0.4) is 0 Å². The first kappa shape index (κ1) is 14.8. The summed E-state index contributed by atoms with van der Waals surface area (Å²) in [6.45, 7) is 0.482. The van der Waals surface area contributed by atoms with Gasteiger partial charge >= 0.3 is 0 Å². The Kier molecular flexibility index (Phi) is 4.51. The number of rotatable bonds is 4. The van der Waals surface area contributed by atoms with Crippen LogP contribution < -0.4 is 5.32 Å². The molecule has 0 atom stereocenters. The van der Waals surface area contributed by atoms with Crippen LogP contribution in [0.2, 0.25) is 0 Å². The number of aryl methyl sites for hydroxylation is 1. The van der Waals surface area contributed by atoms with Gasteiger partial charge in [-0.15, -0.1) is 0 Å². The van der Waals surface area contributed by atoms with Crippen LogP contribution in [-0.4, -0.2) is 20.7 Å². The Morgan fingerprint density at radius 1 is 1.32 bits per heavy atom. The van der Waals surface area contributed by atoms with Crippen molar-refractivity contribution < 1.29 is 4.79 Å². The molecule has 1 fully saturated rings. The molecule has 1 aliphatic rings. The molecule has 1 amide bonds. The molecule has 0 unspecified atom stereocenters. The molecule has 0 radical (unpaired) electrons. The predicted molar refractivity (Wildman–Crippen MR) is 84.9 cm³/mol. The molecule has 1 N–H and O–H groups in total. The van der Waals surface area contributed by atoms with Crippen molar-refractivity contribution in [3.05, 3.63) is 36.2 Å². The van der Waals surface area contributed by atoms with E-state index in [1.165, 1.54) is 19.3 Å². The number of hydrogen-bond acceptors (Lipinski definition) is 3. The summed E-state index contributed by atoms with van der Waals surface area (Å²) in [4.78, 5) is 16.5. The topological polar surface area (TPSA) is 59.8 Å². The van der Waals surface area contributed by atoms with E-state index < -0.39 is 0 Å². The molecule has 5 nitrogen and oxygen atoms in total. The molecule has 22 heavy (non-hydrogen) atoms. The van der Waals surface area contributed by atoms with E-state index in [1.807, 2.05) is 36.0 Å². The second kappa shape index (κ2) is 6.73. The lowest BCUT2D eigenvalue weighted by molar-refractivity contribution is -0.126. The van der Waals surface area contributed by atoms with Crippen molar-refractivity contribution in [3.63, 3.8) is 0 Å². The molecule has 0 aliphatic heterocycles. The highest BCUT2D eigenvalue weighted by atomic mass is 16.1. The molecule has 2 aromatic rings. The van der Waals surface area contributed by atoms with Gasteiger partial charge in [0, 0.05) is 19.2 Å². The normalized spacial score (nSPS) is 15.7. The molecule has 2 aromatic heterocycles. The van der Waals surface area contributed by atoms with Crippen LogP contribution in [0, 0.1) is 5.92 Å². The average molecular weight is 298 g/mol. The monoisotopic (exact) mass is 298 g/mol. The first-order valence-corrected chi connectivity index (χ1v) is 7.96. The number of nitrogens with zero attached hydrogens (tertiary/aromatic N) is 3. The largest absolute Gasteiger partial charge is 0.350 e. The summed E-state index contributed by atoms with van der Waals surface area (Å²) >= 11 is 0. The molecular weight excluding hydrogens is 276 g/mol. The van der Waals surface area contributed by atoms with Gasteiger partial charge in [0.15, 0.2) is 0 Å². The number of amides is 1. The third-order valence-corrected chi connectivity index (χ3v) is 4.28. The summed E-state index contributed by atoms with van der Waals surface area (Å²) < 4.78 is 1.81. The van der Waals surface area contributed by atoms with Crippen molar-refractivity contribution in [2.75, 3.05) is 0 Å². The van der Waals surface area contributed by atoms with Crippen LogP contribution in [0.25, 0.3) is 11.4 Å². The maximum atomic E-state index is 12.2. The third kappa shape index (κ3) is 3.35. The van der Waals surface area contributed by atoms with Crippen molar-refractivity contribution in [2.45, 2.75) is 38.6 Å². The van der Waals surface area contributed by atoms with E-state index in [2.05, 4.69) is 15.4 Å². The standard InChI is InChI=1S/C17H22N4O/c1-21-16(15-9-5-6-10-18-15)11-14(20-21)12-19-17(22)13-7-3-2-4-8-13/h5-6,9-11,13H,2-4,7-8,12H2,1H3,(H,19,22). The highest BCUT2D eigenvalue weighted by molar-refractivity contribution is 5.78. The summed E-state index contributed by atoms with van der Waals surface area (Å²) in [6, 6.07) is 7.80. The van der Waals surface area contributed by atoms with Gasteiger partial charge in [0.1, 0.15) is 0 Å². The van der Waals surface area contributed by atoms with Crippen LogP contribution in [0.1, 0.15) is 37.8 Å². The predicted octanol–water partition coefficient (Wildman–Crippen LogP) is 2.68. The van der Waals surface area contributed by atoms with E-state index in [0.717, 1.165) is 29.9 Å². The van der Waals surface area contributed by atoms with Gasteiger partial charge in [-0.3, -0.25) is 14.5 Å². The Morgan fingerprint density at radius 3 is 2.86 bits per heavy atom. The lowest BCUT2D eigenvalue weighted by Crippen LogP contribution is -2.31. The Balaban J connectivity index is 1.63. The lowest BCUT2D eigenvalue weighted by atomic mass is 9.89. The van der Waals surface area contributed by atoms with Gasteiger partial charge in [0.05, 0.1) is 23.6 Å². The maximum absolute atomic E-state index is 12.2. The minimum atomic E-state index is 0.171. The van der Waals surface area contributed by atoms with Crippen LogP contribution in [0.5, 0.6) is 0 Å². The van der Waals surface area contributed by atoms with Crippen molar-refractivity contribution in [1.29, 1.82) is 0 Å². The molecule has 0 aromatic carbocycles. The van der Waals surface area contributed by atoms with Gasteiger partial charge in [-0.25, -0.2) is 0 Å². The highest BCUT2D eigenvalue weighted by Crippen LogP contribution is 2.23. The van der Waals surface area contributed by atoms with E-state index in [1.54, 1.807) is 6.20 Å². The quantitative estimate of drug-likeness (QED) is 0.944. The summed E-state index contributed by atoms with van der Waals surface area (Å²) in [5, 5.41) is 7.49. The van der Waals surface area contributed by atoms with E-state index in [0.29, 0.717) is 6.54 Å². The smallest absolute Gasteiger partial charge is 0.223 e. The Bertz CT molecular complexity index is 629. The van der Waals surface area contributed by atoms with Crippen molar-refractivity contribution in [2.24, 2.45) is 13.0 Å². The molecule has 0 bridgehead atoms. The van der Waals surface area contributed by atoms with E-state index >= 15 is 0 Å². The zero-order valence-electron chi connectivity index (χ0n) is 13.0. The lowest BCUT2D eigenvalue weighted by Gasteiger charge is -2.20. The molecule has 0 saturated heterocycles. The van der Waals surface area contributed by atoms with Crippen LogP contribution in [-0.2, 0) is 18.4 Å². The van der Waals surface area contributed by atoms with Gasteiger partial charge in [0.25, 0.3) is 0 Å². The highest BCUT2D eigenvalue weighted by Gasteiger charge is 2.21. The molecule has 0 spiro atoms. The minimum absolute atomic E-state index is 0.171. The molecule has 2 heterocycles. The molecule has 1 aliphatic carbocycles. The summed E-state index contributed by atoms with van der Waals surface area (Å²) in [6.07, 6.45) is 7.42. The number of hydrogen-bond donors (Lipinski definition) is 1. The zero-order chi connectivity index (χ0) is 15.4. The fourth-order valence-corrected chi connectivity index (χ4v) is 3.05. The second-order valence-electron chi connectivity index (χ2n) is 5.91. The number of nitrogens with one attached hydrogen (secondary N) is 1. The van der Waals surface area contributed by atoms with Gasteiger partial charge in [-0.2, -0.15) is 5.10 Å². The van der Waals surface area contributed by atoms with Gasteiger partial charge in [-0.05, 0) is 31.0 Å². The zero-order valence-corrected chi connectivity index (χ0v) is 13.0. The average Bonchev–Trinajstić information content (AvgIpc) is 2.95. The first-order chi connectivity index (χ1) is 10.7. The molecule has 5 heteroatoms. The van der Waals surface area contributed by atoms with Crippen molar-refractivity contribution in [1.82, 2.24) is 20.1 Å². The Hall–Kier alpha value is -2.17. The van der Waals surface area contributed by atoms with Gasteiger partial charge < -0.3 is 5.32 Å². The summed E-state index contributed by atoms with van der Waals surface area (Å²) in [5.41, 5.74) is 2.72. The first-order valence-electron chi connectivity index (χ1n) is 7.96. The molecular formula is C17H22N4O. The fraction of sp³-hybridized carbons (Fsp3) is 0.471. The van der Waals surface area contributed by atoms with Crippen molar-refractivity contribution >= 4 is 5.91 Å². The van der Waals surface area contributed by atoms with Gasteiger partial charge in [0.2, 0.25) is 5.91 Å². The molecule has 116 valence electrons. The van der Waals surface area contributed by atoms with Crippen LogP contribution in [0.4, 0.5) is 0 Å². The van der Waals surface area contributed by atoms with Crippen LogP contribution in [0.15, 0.2) is 30.5 Å². The molecule has 3 rings (SSSR count). The van der Waals surface area contributed by atoms with E-state index in [4.69, 9.17) is 0 Å². The SMILES string of the molecule is Cn1nc(CNC(=O)C2CCCCC2)cc1-c1ccccn1. The second-order valence-corrected chi connectivity index (χ2v) is 5.91. The number of pyridine rings is 1. The number of carbonyl (C=O) groups is 1. The maximum Gasteiger partial charge on any atom is 0.223 e. The summed E-state index contributed by atoms with van der Waals surface area (Å²) in [7, 11) is 1.90. The molecule has 1 saturated carbocycles. The van der Waals surface area contributed by atoms with Gasteiger partial charge in [-0.1, -0.05) is 25.3 Å².